The Morgan fingerprint density at radius 2 is 1.54 bits per heavy atom. The van der Waals surface area contributed by atoms with Crippen molar-refractivity contribution >= 4 is 11.8 Å². The van der Waals surface area contributed by atoms with Gasteiger partial charge in [-0.1, -0.05) is 90.4 Å². The third kappa shape index (κ3) is 4.71. The fraction of sp³-hybridized carbons (Fsp3) is 0.562. The fourth-order valence-corrected chi connectivity index (χ4v) is 6.84. The first-order valence-corrected chi connectivity index (χ1v) is 13.7. The number of ketones is 1. The Hall–Kier alpha value is -2.42. The first-order chi connectivity index (χ1) is 16.8. The number of hydrogen-bond acceptors (Lipinski definition) is 3. The molecular formula is C32H44O3. The third-order valence-corrected chi connectivity index (χ3v) is 9.24. The molecule has 0 bridgehead atoms. The van der Waals surface area contributed by atoms with Gasteiger partial charge in [0, 0.05) is 5.56 Å². The lowest BCUT2D eigenvalue weighted by Gasteiger charge is -2.53. The van der Waals surface area contributed by atoms with Crippen molar-refractivity contribution in [2.45, 2.75) is 110 Å². The summed E-state index contributed by atoms with van der Waals surface area (Å²) in [6, 6.07) is 13.4. The summed E-state index contributed by atoms with van der Waals surface area (Å²) in [6.45, 7) is 15.8. The standard InChI is InChI=1S/C32H44O3/c1-8-23-19-28-27(31(10-3,11-4)21-25(9-2)32(28,12-5)13-6)20-26(23)22(7)35-30(34)29(33)24-17-15-14-16-18-24/h14-20,22,25H,8-13,21H2,1-7H3. The molecule has 0 N–H and O–H groups in total. The number of benzene rings is 2. The van der Waals surface area contributed by atoms with Crippen molar-refractivity contribution in [2.24, 2.45) is 5.92 Å². The second kappa shape index (κ2) is 11.1. The summed E-state index contributed by atoms with van der Waals surface area (Å²) < 4.78 is 5.78. The minimum atomic E-state index is -0.789. The summed E-state index contributed by atoms with van der Waals surface area (Å²) >= 11 is 0. The van der Waals surface area contributed by atoms with Crippen LogP contribution in [-0.4, -0.2) is 11.8 Å². The van der Waals surface area contributed by atoms with Gasteiger partial charge in [-0.2, -0.15) is 0 Å². The van der Waals surface area contributed by atoms with E-state index >= 15 is 0 Å². The highest BCUT2D eigenvalue weighted by molar-refractivity contribution is 6.40. The Bertz CT molecular complexity index is 1030. The van der Waals surface area contributed by atoms with Crippen molar-refractivity contribution in [1.82, 2.24) is 0 Å². The fourth-order valence-electron chi connectivity index (χ4n) is 6.84. The van der Waals surface area contributed by atoms with E-state index in [1.54, 1.807) is 24.3 Å². The molecule has 190 valence electrons. The molecule has 0 saturated carbocycles. The SMILES string of the molecule is CCc1cc2c(cc1C(C)OC(=O)C(=O)c1ccccc1)C(CC)(CC)CC(CC)C2(CC)CC. The number of aryl methyl sites for hydroxylation is 1. The van der Waals surface area contributed by atoms with Gasteiger partial charge >= 0.3 is 5.97 Å². The van der Waals surface area contributed by atoms with Crippen LogP contribution < -0.4 is 0 Å². The smallest absolute Gasteiger partial charge is 0.380 e. The minimum absolute atomic E-state index is 0.133. The molecule has 2 aromatic rings. The van der Waals surface area contributed by atoms with Crippen LogP contribution in [0, 0.1) is 5.92 Å². The topological polar surface area (TPSA) is 43.4 Å². The van der Waals surface area contributed by atoms with E-state index in [4.69, 9.17) is 4.74 Å². The van der Waals surface area contributed by atoms with Crippen molar-refractivity contribution < 1.29 is 14.3 Å². The summed E-state index contributed by atoms with van der Waals surface area (Å²) in [5.74, 6) is -0.714. The molecule has 2 unspecified atom stereocenters. The van der Waals surface area contributed by atoms with E-state index in [0.29, 0.717) is 11.5 Å². The zero-order valence-electron chi connectivity index (χ0n) is 22.9. The Labute approximate surface area is 212 Å². The van der Waals surface area contributed by atoms with Gasteiger partial charge in [-0.3, -0.25) is 4.79 Å². The average Bonchev–Trinajstić information content (AvgIpc) is 2.91. The Morgan fingerprint density at radius 1 is 0.914 bits per heavy atom. The minimum Gasteiger partial charge on any atom is -0.452 e. The van der Waals surface area contributed by atoms with E-state index < -0.39 is 17.9 Å². The van der Waals surface area contributed by atoms with Crippen molar-refractivity contribution in [1.29, 1.82) is 0 Å². The van der Waals surface area contributed by atoms with E-state index in [1.807, 2.05) is 13.0 Å². The van der Waals surface area contributed by atoms with Gasteiger partial charge in [0.2, 0.25) is 0 Å². The lowest BCUT2D eigenvalue weighted by Crippen LogP contribution is -2.46. The van der Waals surface area contributed by atoms with Crippen molar-refractivity contribution in [3.05, 3.63) is 70.3 Å². The van der Waals surface area contributed by atoms with Gasteiger partial charge in [-0.05, 0) is 84.5 Å². The molecule has 3 heteroatoms. The highest BCUT2D eigenvalue weighted by atomic mass is 16.5. The molecular weight excluding hydrogens is 432 g/mol. The predicted molar refractivity (Wildman–Crippen MR) is 144 cm³/mol. The first-order valence-electron chi connectivity index (χ1n) is 13.7. The van der Waals surface area contributed by atoms with Crippen LogP contribution in [0.5, 0.6) is 0 Å². The maximum atomic E-state index is 12.8. The molecule has 0 saturated heterocycles. The number of ether oxygens (including phenoxy) is 1. The molecule has 3 rings (SSSR count). The van der Waals surface area contributed by atoms with Crippen LogP contribution >= 0.6 is 0 Å². The van der Waals surface area contributed by atoms with Crippen LogP contribution in [0.25, 0.3) is 0 Å². The molecule has 2 aromatic carbocycles. The van der Waals surface area contributed by atoms with Crippen LogP contribution in [0.15, 0.2) is 42.5 Å². The number of Topliss-reactive ketones (excluding diaryl/α,β-unsaturated/α-hetero) is 1. The summed E-state index contributed by atoms with van der Waals surface area (Å²) in [5, 5.41) is 0. The Balaban J connectivity index is 2.10. The van der Waals surface area contributed by atoms with E-state index in [-0.39, 0.29) is 10.8 Å². The van der Waals surface area contributed by atoms with Crippen LogP contribution in [0.1, 0.15) is 126 Å². The van der Waals surface area contributed by atoms with Gasteiger partial charge in [-0.15, -0.1) is 0 Å². The quantitative estimate of drug-likeness (QED) is 0.197. The monoisotopic (exact) mass is 476 g/mol. The molecule has 0 aromatic heterocycles. The number of carbonyl (C=O) groups is 2. The van der Waals surface area contributed by atoms with Gasteiger partial charge in [0.25, 0.3) is 5.78 Å². The summed E-state index contributed by atoms with van der Waals surface area (Å²) in [4.78, 5) is 25.4. The first kappa shape index (κ1) is 27.2. The van der Waals surface area contributed by atoms with Gasteiger partial charge in [0.05, 0.1) is 0 Å². The number of fused-ring (bicyclic) bond motifs is 1. The number of hydrogen-bond donors (Lipinski definition) is 0. The molecule has 2 atom stereocenters. The molecule has 1 aliphatic carbocycles. The zero-order valence-corrected chi connectivity index (χ0v) is 22.9. The molecule has 0 aliphatic heterocycles. The second-order valence-corrected chi connectivity index (χ2v) is 10.4. The Kier molecular flexibility index (Phi) is 8.62. The van der Waals surface area contributed by atoms with Gasteiger partial charge < -0.3 is 4.74 Å². The predicted octanol–water partition coefficient (Wildman–Crippen LogP) is 8.28. The summed E-state index contributed by atoms with van der Waals surface area (Å²) in [7, 11) is 0. The largest absolute Gasteiger partial charge is 0.452 e. The van der Waals surface area contributed by atoms with Gasteiger partial charge in [0.15, 0.2) is 0 Å². The van der Waals surface area contributed by atoms with Crippen LogP contribution in [0.3, 0.4) is 0 Å². The third-order valence-electron chi connectivity index (χ3n) is 9.24. The highest BCUT2D eigenvalue weighted by Crippen LogP contribution is 2.57. The molecule has 0 fully saturated rings. The lowest BCUT2D eigenvalue weighted by atomic mass is 9.51. The molecule has 0 radical (unpaired) electrons. The van der Waals surface area contributed by atoms with E-state index in [1.165, 1.54) is 29.5 Å². The number of carbonyl (C=O) groups excluding carboxylic acids is 2. The van der Waals surface area contributed by atoms with E-state index in [0.717, 1.165) is 37.7 Å². The van der Waals surface area contributed by atoms with Crippen molar-refractivity contribution in [2.75, 3.05) is 0 Å². The maximum absolute atomic E-state index is 12.8. The van der Waals surface area contributed by atoms with E-state index in [9.17, 15) is 9.59 Å². The number of esters is 1. The molecule has 0 spiro atoms. The normalized spacial score (nSPS) is 19.0. The molecule has 3 nitrogen and oxygen atoms in total. The van der Waals surface area contributed by atoms with Crippen LogP contribution in [-0.2, 0) is 26.8 Å². The van der Waals surface area contributed by atoms with Gasteiger partial charge in [0.1, 0.15) is 6.10 Å². The summed E-state index contributed by atoms with van der Waals surface area (Å²) in [6.07, 6.45) is 7.25. The van der Waals surface area contributed by atoms with Crippen molar-refractivity contribution in [3.63, 3.8) is 0 Å². The second-order valence-electron chi connectivity index (χ2n) is 10.4. The highest BCUT2D eigenvalue weighted by Gasteiger charge is 2.49. The lowest BCUT2D eigenvalue weighted by molar-refractivity contribution is -0.142. The Morgan fingerprint density at radius 3 is 2.06 bits per heavy atom. The molecule has 1 aliphatic rings. The van der Waals surface area contributed by atoms with Crippen LogP contribution in [0.2, 0.25) is 0 Å². The molecule has 0 heterocycles. The molecule has 0 amide bonds. The average molecular weight is 477 g/mol. The van der Waals surface area contributed by atoms with Crippen molar-refractivity contribution in [3.8, 4) is 0 Å². The molecule has 35 heavy (non-hydrogen) atoms. The maximum Gasteiger partial charge on any atom is 0.380 e. The summed E-state index contributed by atoms with van der Waals surface area (Å²) in [5.41, 5.74) is 5.91. The van der Waals surface area contributed by atoms with Gasteiger partial charge in [-0.25, -0.2) is 4.79 Å². The zero-order chi connectivity index (χ0) is 25.8. The number of rotatable bonds is 10. The van der Waals surface area contributed by atoms with Crippen LogP contribution in [0.4, 0.5) is 0 Å². The van der Waals surface area contributed by atoms with E-state index in [2.05, 4.69) is 53.7 Å².